The molecule has 2 rings (SSSR count). The van der Waals surface area contributed by atoms with Crippen molar-refractivity contribution in [3.63, 3.8) is 0 Å². The van der Waals surface area contributed by atoms with Crippen molar-refractivity contribution in [2.75, 3.05) is 13.1 Å². The highest BCUT2D eigenvalue weighted by atomic mass is 16.4. The van der Waals surface area contributed by atoms with E-state index in [4.69, 9.17) is 5.11 Å². The van der Waals surface area contributed by atoms with Gasteiger partial charge in [-0.3, -0.25) is 9.69 Å². The Morgan fingerprint density at radius 2 is 2.17 bits per heavy atom. The Balaban J connectivity index is 1.94. The fourth-order valence-corrected chi connectivity index (χ4v) is 2.81. The molecule has 3 nitrogen and oxygen atoms in total. The Bertz CT molecular complexity index is 391. The van der Waals surface area contributed by atoms with E-state index in [1.165, 1.54) is 5.56 Å². The van der Waals surface area contributed by atoms with E-state index in [0.717, 1.165) is 25.9 Å². The summed E-state index contributed by atoms with van der Waals surface area (Å²) in [5.74, 6) is -0.222. The molecule has 1 aromatic carbocycles. The second kappa shape index (κ2) is 6.01. The first-order valence-electron chi connectivity index (χ1n) is 6.67. The molecule has 1 aromatic rings. The molecule has 1 saturated heterocycles. The van der Waals surface area contributed by atoms with Crippen molar-refractivity contribution in [1.82, 2.24) is 4.90 Å². The number of carboxylic acids is 1. The predicted molar refractivity (Wildman–Crippen MR) is 71.7 cm³/mol. The molecule has 1 fully saturated rings. The van der Waals surface area contributed by atoms with Crippen LogP contribution >= 0.6 is 0 Å². The van der Waals surface area contributed by atoms with Crippen LogP contribution in [-0.2, 0) is 4.79 Å². The van der Waals surface area contributed by atoms with Crippen LogP contribution in [0.2, 0.25) is 0 Å². The molecule has 0 saturated carbocycles. The molecule has 1 heterocycles. The summed E-state index contributed by atoms with van der Waals surface area (Å²) in [6.45, 7) is 4.21. The quantitative estimate of drug-likeness (QED) is 0.869. The molecule has 0 spiro atoms. The van der Waals surface area contributed by atoms with Crippen LogP contribution in [0.15, 0.2) is 30.3 Å². The average molecular weight is 247 g/mol. The monoisotopic (exact) mass is 247 g/mol. The number of aliphatic carboxylic acids is 1. The molecule has 1 aliphatic heterocycles. The molecule has 1 N–H and O–H groups in total. The molecule has 0 aromatic heterocycles. The molecular weight excluding hydrogens is 226 g/mol. The van der Waals surface area contributed by atoms with Gasteiger partial charge in [0.05, 0.1) is 6.42 Å². The van der Waals surface area contributed by atoms with E-state index in [-0.39, 0.29) is 12.5 Å². The van der Waals surface area contributed by atoms with Crippen molar-refractivity contribution in [2.45, 2.75) is 38.1 Å². The highest BCUT2D eigenvalue weighted by Gasteiger charge is 2.27. The summed E-state index contributed by atoms with van der Waals surface area (Å²) >= 11 is 0. The Morgan fingerprint density at radius 3 is 2.83 bits per heavy atom. The standard InChI is InChI=1S/C15H21NO2/c1-12(13-6-3-2-4-7-13)11-16-9-5-8-14(16)10-15(17)18/h2-4,6-7,12,14H,5,8-11H2,1H3,(H,17,18). The van der Waals surface area contributed by atoms with Gasteiger partial charge in [0.15, 0.2) is 0 Å². The number of carboxylic acid groups (broad SMARTS) is 1. The number of benzene rings is 1. The fourth-order valence-electron chi connectivity index (χ4n) is 2.81. The molecule has 0 amide bonds. The minimum Gasteiger partial charge on any atom is -0.481 e. The summed E-state index contributed by atoms with van der Waals surface area (Å²) in [4.78, 5) is 13.2. The average Bonchev–Trinajstić information content (AvgIpc) is 2.77. The van der Waals surface area contributed by atoms with Crippen molar-refractivity contribution in [3.8, 4) is 0 Å². The van der Waals surface area contributed by atoms with Gasteiger partial charge in [0, 0.05) is 12.6 Å². The predicted octanol–water partition coefficient (Wildman–Crippen LogP) is 2.73. The Kier molecular flexibility index (Phi) is 4.37. The zero-order valence-electron chi connectivity index (χ0n) is 10.9. The molecule has 3 heteroatoms. The number of nitrogens with zero attached hydrogens (tertiary/aromatic N) is 1. The van der Waals surface area contributed by atoms with Crippen LogP contribution in [0.3, 0.4) is 0 Å². The number of hydrogen-bond donors (Lipinski definition) is 1. The zero-order valence-corrected chi connectivity index (χ0v) is 10.9. The van der Waals surface area contributed by atoms with E-state index in [1.807, 2.05) is 6.07 Å². The van der Waals surface area contributed by atoms with Crippen LogP contribution in [0.1, 0.15) is 37.7 Å². The van der Waals surface area contributed by atoms with Crippen molar-refractivity contribution >= 4 is 5.97 Å². The smallest absolute Gasteiger partial charge is 0.304 e. The molecule has 0 aliphatic carbocycles. The minimum absolute atomic E-state index is 0.230. The van der Waals surface area contributed by atoms with Crippen molar-refractivity contribution < 1.29 is 9.90 Å². The van der Waals surface area contributed by atoms with Crippen LogP contribution in [0, 0.1) is 0 Å². The number of rotatable bonds is 5. The second-order valence-corrected chi connectivity index (χ2v) is 5.20. The summed E-state index contributed by atoms with van der Waals surface area (Å²) < 4.78 is 0. The highest BCUT2D eigenvalue weighted by Crippen LogP contribution is 2.24. The molecule has 1 aliphatic rings. The normalized spacial score (nSPS) is 21.9. The van der Waals surface area contributed by atoms with E-state index >= 15 is 0 Å². The van der Waals surface area contributed by atoms with Gasteiger partial charge >= 0.3 is 5.97 Å². The number of carbonyl (C=O) groups is 1. The molecule has 98 valence electrons. The van der Waals surface area contributed by atoms with Crippen LogP contribution < -0.4 is 0 Å². The maximum atomic E-state index is 10.8. The first-order chi connectivity index (χ1) is 8.66. The Labute approximate surface area is 108 Å². The van der Waals surface area contributed by atoms with Gasteiger partial charge in [0.25, 0.3) is 0 Å². The third-order valence-electron chi connectivity index (χ3n) is 3.79. The van der Waals surface area contributed by atoms with Crippen molar-refractivity contribution in [3.05, 3.63) is 35.9 Å². The maximum Gasteiger partial charge on any atom is 0.304 e. The van der Waals surface area contributed by atoms with Crippen molar-refractivity contribution in [2.24, 2.45) is 0 Å². The van der Waals surface area contributed by atoms with E-state index in [2.05, 4.69) is 36.1 Å². The van der Waals surface area contributed by atoms with E-state index in [0.29, 0.717) is 5.92 Å². The third-order valence-corrected chi connectivity index (χ3v) is 3.79. The number of hydrogen-bond acceptors (Lipinski definition) is 2. The van der Waals surface area contributed by atoms with E-state index in [1.54, 1.807) is 0 Å². The van der Waals surface area contributed by atoms with Crippen LogP contribution in [0.25, 0.3) is 0 Å². The molecule has 0 bridgehead atoms. The van der Waals surface area contributed by atoms with Crippen LogP contribution in [-0.4, -0.2) is 35.1 Å². The molecular formula is C15H21NO2. The van der Waals surface area contributed by atoms with Crippen molar-refractivity contribution in [1.29, 1.82) is 0 Å². The van der Waals surface area contributed by atoms with Crippen LogP contribution in [0.4, 0.5) is 0 Å². The Hall–Kier alpha value is -1.35. The summed E-state index contributed by atoms with van der Waals surface area (Å²) in [5.41, 5.74) is 1.33. The largest absolute Gasteiger partial charge is 0.481 e. The molecule has 2 unspecified atom stereocenters. The summed E-state index contributed by atoms with van der Waals surface area (Å²) in [6.07, 6.45) is 2.43. The molecule has 0 radical (unpaired) electrons. The first-order valence-corrected chi connectivity index (χ1v) is 6.67. The van der Waals surface area contributed by atoms with Gasteiger partial charge in [-0.05, 0) is 30.9 Å². The highest BCUT2D eigenvalue weighted by molar-refractivity contribution is 5.67. The second-order valence-electron chi connectivity index (χ2n) is 5.20. The minimum atomic E-state index is -0.681. The maximum absolute atomic E-state index is 10.8. The summed E-state index contributed by atoms with van der Waals surface area (Å²) in [7, 11) is 0. The number of likely N-dealkylation sites (tertiary alicyclic amines) is 1. The van der Waals surface area contributed by atoms with Gasteiger partial charge in [-0.1, -0.05) is 37.3 Å². The lowest BCUT2D eigenvalue weighted by Crippen LogP contribution is -2.34. The van der Waals surface area contributed by atoms with Gasteiger partial charge in [-0.15, -0.1) is 0 Å². The van der Waals surface area contributed by atoms with Crippen LogP contribution in [0.5, 0.6) is 0 Å². The van der Waals surface area contributed by atoms with Gasteiger partial charge in [-0.2, -0.15) is 0 Å². The first kappa shape index (κ1) is 13.1. The van der Waals surface area contributed by atoms with Gasteiger partial charge in [0.1, 0.15) is 0 Å². The lowest BCUT2D eigenvalue weighted by atomic mass is 10.00. The molecule has 18 heavy (non-hydrogen) atoms. The Morgan fingerprint density at radius 1 is 1.44 bits per heavy atom. The fraction of sp³-hybridized carbons (Fsp3) is 0.533. The molecule has 2 atom stereocenters. The van der Waals surface area contributed by atoms with Gasteiger partial charge in [0.2, 0.25) is 0 Å². The topological polar surface area (TPSA) is 40.5 Å². The summed E-state index contributed by atoms with van der Waals surface area (Å²) in [5, 5.41) is 8.92. The van der Waals surface area contributed by atoms with Gasteiger partial charge < -0.3 is 5.11 Å². The third kappa shape index (κ3) is 3.33. The van der Waals surface area contributed by atoms with E-state index < -0.39 is 5.97 Å². The van der Waals surface area contributed by atoms with Gasteiger partial charge in [-0.25, -0.2) is 0 Å². The van der Waals surface area contributed by atoms with E-state index in [9.17, 15) is 4.79 Å². The zero-order chi connectivity index (χ0) is 13.0. The lowest BCUT2D eigenvalue weighted by Gasteiger charge is -2.26. The summed E-state index contributed by atoms with van der Waals surface area (Å²) in [6, 6.07) is 10.7. The SMILES string of the molecule is CC(CN1CCCC1CC(=O)O)c1ccccc1. The lowest BCUT2D eigenvalue weighted by molar-refractivity contribution is -0.138.